The summed E-state index contributed by atoms with van der Waals surface area (Å²) >= 11 is 0. The molecule has 10 heteroatoms. The molecule has 0 unspecified atom stereocenters. The van der Waals surface area contributed by atoms with Crippen molar-refractivity contribution in [3.8, 4) is 6.07 Å². The molecule has 0 bridgehead atoms. The first-order chi connectivity index (χ1) is 12.4. The van der Waals surface area contributed by atoms with E-state index in [0.29, 0.717) is 11.9 Å². The average molecular weight is 361 g/mol. The molecule has 0 aliphatic carbocycles. The fourth-order valence-corrected chi connectivity index (χ4v) is 3.20. The van der Waals surface area contributed by atoms with E-state index < -0.39 is 23.9 Å². The number of hydrogen-bond donors (Lipinski definition) is 3. The van der Waals surface area contributed by atoms with E-state index in [1.54, 1.807) is 12.1 Å². The molecule has 0 aromatic carbocycles. The van der Waals surface area contributed by atoms with Crippen molar-refractivity contribution in [1.82, 2.24) is 14.6 Å². The number of fused-ring (bicyclic) bond motifs is 1. The Bertz CT molecular complexity index is 862. The van der Waals surface area contributed by atoms with Gasteiger partial charge >= 0.3 is 5.97 Å². The van der Waals surface area contributed by atoms with Crippen molar-refractivity contribution < 1.29 is 24.5 Å². The molecule has 26 heavy (non-hydrogen) atoms. The molecular formula is C16H19N5O5. The summed E-state index contributed by atoms with van der Waals surface area (Å²) in [6.45, 7) is 0. The summed E-state index contributed by atoms with van der Waals surface area (Å²) in [6.07, 6.45) is -1.58. The normalized spacial score (nSPS) is 28.2. The number of aliphatic hydroxyl groups excluding tert-OH is 2. The number of nitriles is 1. The molecule has 0 saturated carbocycles. The average Bonchev–Trinajstić information content (AvgIpc) is 3.18. The molecular weight excluding hydrogens is 342 g/mol. The van der Waals surface area contributed by atoms with Gasteiger partial charge < -0.3 is 25.4 Å². The Labute approximate surface area is 148 Å². The maximum absolute atomic E-state index is 11.2. The van der Waals surface area contributed by atoms with Gasteiger partial charge in [0.15, 0.2) is 5.82 Å². The minimum absolute atomic E-state index is 0.149. The Balaban J connectivity index is 1.90. The third kappa shape index (κ3) is 2.76. The number of nitrogens with two attached hydrogens (primary N) is 1. The highest BCUT2D eigenvalue weighted by molar-refractivity contribution is 5.69. The third-order valence-corrected chi connectivity index (χ3v) is 4.58. The van der Waals surface area contributed by atoms with Gasteiger partial charge in [-0.2, -0.15) is 10.4 Å². The zero-order chi connectivity index (χ0) is 18.9. The van der Waals surface area contributed by atoms with Crippen LogP contribution in [0, 0.1) is 11.3 Å². The zero-order valence-electron chi connectivity index (χ0n) is 14.1. The Morgan fingerprint density at radius 3 is 3.00 bits per heavy atom. The summed E-state index contributed by atoms with van der Waals surface area (Å²) in [7, 11) is 1.29. The van der Waals surface area contributed by atoms with Gasteiger partial charge in [0.25, 0.3) is 0 Å². The minimum Gasteiger partial charge on any atom is -0.469 e. The van der Waals surface area contributed by atoms with E-state index in [-0.39, 0.29) is 30.3 Å². The highest BCUT2D eigenvalue weighted by Crippen LogP contribution is 2.41. The van der Waals surface area contributed by atoms with Crippen LogP contribution >= 0.6 is 0 Å². The van der Waals surface area contributed by atoms with Crippen LogP contribution in [0.4, 0.5) is 5.82 Å². The molecule has 2 aromatic rings. The number of anilines is 1. The second kappa shape index (κ2) is 6.87. The molecule has 0 spiro atoms. The molecule has 1 fully saturated rings. The van der Waals surface area contributed by atoms with Crippen molar-refractivity contribution in [2.24, 2.45) is 0 Å². The molecule has 0 amide bonds. The zero-order valence-corrected chi connectivity index (χ0v) is 14.1. The summed E-state index contributed by atoms with van der Waals surface area (Å²) in [4.78, 5) is 15.1. The summed E-state index contributed by atoms with van der Waals surface area (Å²) in [5.74, 6) is -0.170. The second-order valence-electron chi connectivity index (χ2n) is 6.07. The Morgan fingerprint density at radius 2 is 2.31 bits per heavy atom. The van der Waals surface area contributed by atoms with Crippen LogP contribution in [0.15, 0.2) is 18.5 Å². The first-order valence-electron chi connectivity index (χ1n) is 8.05. The van der Waals surface area contributed by atoms with Crippen LogP contribution in [-0.4, -0.2) is 56.2 Å². The Kier molecular flexibility index (Phi) is 4.78. The van der Waals surface area contributed by atoms with Crippen LogP contribution in [-0.2, 0) is 19.9 Å². The van der Waals surface area contributed by atoms with E-state index in [1.807, 2.05) is 6.07 Å². The lowest BCUT2D eigenvalue weighted by atomic mass is 9.92. The van der Waals surface area contributed by atoms with E-state index in [2.05, 4.69) is 14.8 Å². The summed E-state index contributed by atoms with van der Waals surface area (Å²) in [6, 6.07) is 5.13. The van der Waals surface area contributed by atoms with E-state index in [0.717, 1.165) is 0 Å². The smallest absolute Gasteiger partial charge is 0.305 e. The van der Waals surface area contributed by atoms with Gasteiger partial charge in [-0.3, -0.25) is 4.79 Å². The number of methoxy groups -OCH3 is 1. The number of nitrogens with zero attached hydrogens (tertiary/aromatic N) is 4. The molecule has 1 saturated heterocycles. The SMILES string of the molecule is COC(=O)CCC[C@H]1O[C@@](C#N)(c2ccc3c(N)ncnn23)[C@H](O)[C@@H]1O. The van der Waals surface area contributed by atoms with Gasteiger partial charge in [-0.05, 0) is 25.0 Å². The molecule has 10 nitrogen and oxygen atoms in total. The topological polar surface area (TPSA) is 156 Å². The van der Waals surface area contributed by atoms with Crippen LogP contribution in [0.2, 0.25) is 0 Å². The standard InChI is InChI=1S/C16H19N5O5/c1-25-12(22)4-2-3-10-13(23)14(24)16(7-17,26-10)11-6-5-9-15(18)19-8-20-21(9)11/h5-6,8,10,13-14,23-24H,2-4H2,1H3,(H2,18,19,20)/t10-,13-,14-,16+/m1/s1. The molecule has 2 aromatic heterocycles. The Morgan fingerprint density at radius 1 is 1.54 bits per heavy atom. The fraction of sp³-hybridized carbons (Fsp3) is 0.500. The van der Waals surface area contributed by atoms with Gasteiger partial charge in [0.1, 0.15) is 30.1 Å². The lowest BCUT2D eigenvalue weighted by molar-refractivity contribution is -0.140. The van der Waals surface area contributed by atoms with Crippen molar-refractivity contribution >= 4 is 17.3 Å². The van der Waals surface area contributed by atoms with E-state index in [1.165, 1.54) is 18.0 Å². The first-order valence-corrected chi connectivity index (χ1v) is 8.05. The summed E-state index contributed by atoms with van der Waals surface area (Å²) in [5.41, 5.74) is 4.68. The van der Waals surface area contributed by atoms with E-state index in [4.69, 9.17) is 10.5 Å². The first kappa shape index (κ1) is 18.1. The van der Waals surface area contributed by atoms with Crippen molar-refractivity contribution in [3.05, 3.63) is 24.2 Å². The number of carbonyl (C=O) groups excluding carboxylic acids is 1. The van der Waals surface area contributed by atoms with E-state index in [9.17, 15) is 20.3 Å². The predicted octanol–water partition coefficient (Wildman–Crippen LogP) is -0.506. The summed E-state index contributed by atoms with van der Waals surface area (Å²) in [5, 5.41) is 34.7. The molecule has 3 heterocycles. The molecule has 4 N–H and O–H groups in total. The number of nitrogen functional groups attached to an aromatic ring is 1. The van der Waals surface area contributed by atoms with Gasteiger partial charge in [0, 0.05) is 6.42 Å². The van der Waals surface area contributed by atoms with Gasteiger partial charge in [0.2, 0.25) is 5.60 Å². The maximum Gasteiger partial charge on any atom is 0.305 e. The van der Waals surface area contributed by atoms with Crippen LogP contribution in [0.1, 0.15) is 25.0 Å². The third-order valence-electron chi connectivity index (χ3n) is 4.58. The molecule has 0 radical (unpaired) electrons. The predicted molar refractivity (Wildman–Crippen MR) is 87.4 cm³/mol. The largest absolute Gasteiger partial charge is 0.469 e. The Hall–Kier alpha value is -2.74. The van der Waals surface area contributed by atoms with Gasteiger partial charge in [-0.1, -0.05) is 0 Å². The second-order valence-corrected chi connectivity index (χ2v) is 6.07. The number of aliphatic hydroxyl groups is 2. The lowest BCUT2D eigenvalue weighted by Crippen LogP contribution is -2.40. The summed E-state index contributed by atoms with van der Waals surface area (Å²) < 4.78 is 11.7. The minimum atomic E-state index is -1.82. The molecule has 3 rings (SSSR count). The van der Waals surface area contributed by atoms with Crippen molar-refractivity contribution in [2.45, 2.75) is 43.2 Å². The maximum atomic E-state index is 11.2. The highest BCUT2D eigenvalue weighted by atomic mass is 16.6. The number of esters is 1. The number of hydrogen-bond acceptors (Lipinski definition) is 9. The van der Waals surface area contributed by atoms with Crippen LogP contribution in [0.5, 0.6) is 0 Å². The molecule has 1 aliphatic rings. The lowest BCUT2D eigenvalue weighted by Gasteiger charge is -2.24. The number of rotatable bonds is 5. The van der Waals surface area contributed by atoms with Crippen LogP contribution in [0.25, 0.3) is 5.52 Å². The fourth-order valence-electron chi connectivity index (χ4n) is 3.20. The molecule has 138 valence electrons. The van der Waals surface area contributed by atoms with Crippen molar-refractivity contribution in [2.75, 3.05) is 12.8 Å². The highest BCUT2D eigenvalue weighted by Gasteiger charge is 2.57. The van der Waals surface area contributed by atoms with Crippen LogP contribution < -0.4 is 5.73 Å². The molecule has 4 atom stereocenters. The van der Waals surface area contributed by atoms with E-state index >= 15 is 0 Å². The quantitative estimate of drug-likeness (QED) is 0.597. The number of carbonyl (C=O) groups is 1. The van der Waals surface area contributed by atoms with Crippen LogP contribution in [0.3, 0.4) is 0 Å². The number of ether oxygens (including phenoxy) is 2. The van der Waals surface area contributed by atoms with Crippen molar-refractivity contribution in [1.29, 1.82) is 5.26 Å². The molecule has 1 aliphatic heterocycles. The number of aromatic nitrogens is 3. The van der Waals surface area contributed by atoms with Gasteiger partial charge in [-0.25, -0.2) is 9.50 Å². The van der Waals surface area contributed by atoms with Crippen molar-refractivity contribution in [3.63, 3.8) is 0 Å². The van der Waals surface area contributed by atoms with Gasteiger partial charge in [-0.15, -0.1) is 0 Å². The van der Waals surface area contributed by atoms with Gasteiger partial charge in [0.05, 0.1) is 18.9 Å². The monoisotopic (exact) mass is 361 g/mol.